The van der Waals surface area contributed by atoms with Crippen molar-refractivity contribution in [2.45, 2.75) is 25.3 Å². The number of aromatic nitrogens is 2. The zero-order valence-electron chi connectivity index (χ0n) is 13.3. The molecule has 1 heterocycles. The summed E-state index contributed by atoms with van der Waals surface area (Å²) in [6.45, 7) is 0.539. The van der Waals surface area contributed by atoms with Gasteiger partial charge in [-0.3, -0.25) is 4.79 Å². The normalized spacial score (nSPS) is 19.8. The van der Waals surface area contributed by atoms with Gasteiger partial charge in [-0.25, -0.2) is 9.37 Å². The molecule has 1 aliphatic rings. The largest absolute Gasteiger partial charge is 0.481 e. The lowest BCUT2D eigenvalue weighted by atomic mass is 9.73. The minimum atomic E-state index is -0.799. The maximum Gasteiger partial charge on any atom is 0.307 e. The lowest BCUT2D eigenvalue weighted by Gasteiger charge is -2.33. The fourth-order valence-electron chi connectivity index (χ4n) is 3.45. The first-order chi connectivity index (χ1) is 12.0. The molecule has 128 valence electrons. The molecule has 4 nitrogen and oxygen atoms in total. The van der Waals surface area contributed by atoms with Crippen LogP contribution in [0.3, 0.4) is 0 Å². The molecule has 0 aliphatic heterocycles. The average Bonchev–Trinajstić information content (AvgIpc) is 2.85. The minimum Gasteiger partial charge on any atom is -0.481 e. The first-order valence-corrected chi connectivity index (χ1v) is 8.53. The van der Waals surface area contributed by atoms with Crippen LogP contribution < -0.4 is 0 Å². The number of hydrogen-bond acceptors (Lipinski definition) is 2. The maximum absolute atomic E-state index is 13.6. The Morgan fingerprint density at radius 2 is 2.00 bits per heavy atom. The van der Waals surface area contributed by atoms with Crippen molar-refractivity contribution in [1.29, 1.82) is 0 Å². The Bertz CT molecular complexity index is 952. The lowest BCUT2D eigenvalue weighted by Crippen LogP contribution is -2.33. The van der Waals surface area contributed by atoms with Crippen LogP contribution in [0.1, 0.15) is 30.1 Å². The van der Waals surface area contributed by atoms with E-state index < -0.39 is 11.9 Å². The van der Waals surface area contributed by atoms with Gasteiger partial charge in [0, 0.05) is 23.6 Å². The van der Waals surface area contributed by atoms with E-state index in [0.717, 1.165) is 17.5 Å². The van der Waals surface area contributed by atoms with Crippen LogP contribution in [0.4, 0.5) is 4.39 Å². The van der Waals surface area contributed by atoms with E-state index in [1.807, 2.05) is 28.8 Å². The molecule has 0 amide bonds. The molecule has 0 unspecified atom stereocenters. The molecule has 1 fully saturated rings. The van der Waals surface area contributed by atoms with Crippen molar-refractivity contribution in [1.82, 2.24) is 9.55 Å². The number of aliphatic carboxylic acids is 1. The van der Waals surface area contributed by atoms with E-state index in [1.165, 1.54) is 12.1 Å². The molecule has 2 aromatic carbocycles. The van der Waals surface area contributed by atoms with E-state index in [4.69, 9.17) is 11.6 Å². The Morgan fingerprint density at radius 3 is 2.64 bits per heavy atom. The number of hydrogen-bond donors (Lipinski definition) is 1. The van der Waals surface area contributed by atoms with Gasteiger partial charge in [0.05, 0.1) is 17.0 Å². The number of carboxylic acid groups (broad SMARTS) is 1. The van der Waals surface area contributed by atoms with Crippen molar-refractivity contribution in [3.63, 3.8) is 0 Å². The van der Waals surface area contributed by atoms with Gasteiger partial charge in [0.25, 0.3) is 0 Å². The van der Waals surface area contributed by atoms with Crippen LogP contribution in [-0.2, 0) is 11.3 Å². The second-order valence-electron chi connectivity index (χ2n) is 6.44. The third kappa shape index (κ3) is 2.89. The van der Waals surface area contributed by atoms with Crippen molar-refractivity contribution < 1.29 is 14.3 Å². The summed E-state index contributed by atoms with van der Waals surface area (Å²) < 4.78 is 15.6. The molecule has 3 aromatic rings. The second kappa shape index (κ2) is 6.15. The molecule has 4 rings (SSSR count). The van der Waals surface area contributed by atoms with Crippen molar-refractivity contribution in [2.24, 2.45) is 5.92 Å². The van der Waals surface area contributed by atoms with E-state index in [-0.39, 0.29) is 11.7 Å². The lowest BCUT2D eigenvalue weighted by molar-refractivity contribution is -0.145. The summed E-state index contributed by atoms with van der Waals surface area (Å²) in [6, 6.07) is 12.0. The summed E-state index contributed by atoms with van der Waals surface area (Å²) in [7, 11) is 0. The summed E-state index contributed by atoms with van der Waals surface area (Å²) in [6.07, 6.45) is 1.43. The van der Waals surface area contributed by atoms with Gasteiger partial charge in [-0.1, -0.05) is 23.7 Å². The first-order valence-electron chi connectivity index (χ1n) is 8.16. The highest BCUT2D eigenvalue weighted by Gasteiger charge is 2.40. The number of carboxylic acids is 1. The maximum atomic E-state index is 13.6. The van der Waals surface area contributed by atoms with Gasteiger partial charge in [0.15, 0.2) is 0 Å². The molecular weight excluding hydrogens is 343 g/mol. The standard InChI is InChI=1S/C19H16ClFN2O2/c20-12-3-1-11(2-4-12)10-23-17-8-5-13(21)9-16(17)22-18(23)14-6-7-15(14)19(24)25/h1-5,8-9,14-15H,6-7,10H2,(H,24,25)/t14-,15-/m1/s1. The van der Waals surface area contributed by atoms with Crippen LogP contribution in [0.2, 0.25) is 5.02 Å². The Labute approximate surface area is 148 Å². The SMILES string of the molecule is O=C(O)[C@@H]1CC[C@H]1c1nc2cc(F)ccc2n1Cc1ccc(Cl)cc1. The quantitative estimate of drug-likeness (QED) is 0.749. The Hall–Kier alpha value is -2.40. The van der Waals surface area contributed by atoms with E-state index in [9.17, 15) is 14.3 Å². The molecule has 0 spiro atoms. The number of carbonyl (C=O) groups is 1. The molecule has 0 saturated heterocycles. The Morgan fingerprint density at radius 1 is 1.24 bits per heavy atom. The highest BCUT2D eigenvalue weighted by molar-refractivity contribution is 6.30. The smallest absolute Gasteiger partial charge is 0.307 e. The third-order valence-corrected chi connectivity index (χ3v) is 5.17. The van der Waals surface area contributed by atoms with Crippen LogP contribution in [0.5, 0.6) is 0 Å². The molecule has 1 N–H and O–H groups in total. The first kappa shape index (κ1) is 16.1. The average molecular weight is 359 g/mol. The molecule has 2 atom stereocenters. The Balaban J connectivity index is 1.80. The summed E-state index contributed by atoms with van der Waals surface area (Å²) in [5, 5.41) is 10.0. The number of nitrogens with zero attached hydrogens (tertiary/aromatic N) is 2. The predicted molar refractivity (Wildman–Crippen MR) is 93.3 cm³/mol. The van der Waals surface area contributed by atoms with Gasteiger partial charge in [-0.2, -0.15) is 0 Å². The molecule has 0 bridgehead atoms. The van der Waals surface area contributed by atoms with Crippen LogP contribution in [-0.4, -0.2) is 20.6 Å². The monoisotopic (exact) mass is 358 g/mol. The highest BCUT2D eigenvalue weighted by Crippen LogP contribution is 2.43. The number of rotatable bonds is 4. The fraction of sp³-hybridized carbons (Fsp3) is 0.263. The van der Waals surface area contributed by atoms with Crippen LogP contribution in [0.15, 0.2) is 42.5 Å². The van der Waals surface area contributed by atoms with E-state index in [2.05, 4.69) is 4.98 Å². The Kier molecular flexibility index (Phi) is 3.96. The molecule has 1 aliphatic carbocycles. The molecule has 0 radical (unpaired) electrons. The van der Waals surface area contributed by atoms with E-state index >= 15 is 0 Å². The van der Waals surface area contributed by atoms with Gasteiger partial charge < -0.3 is 9.67 Å². The summed E-state index contributed by atoms with van der Waals surface area (Å²) in [5.74, 6) is -0.994. The number of halogens is 2. The van der Waals surface area contributed by atoms with E-state index in [1.54, 1.807) is 6.07 Å². The van der Waals surface area contributed by atoms with Gasteiger partial charge in [0.1, 0.15) is 11.6 Å². The second-order valence-corrected chi connectivity index (χ2v) is 6.88. The summed E-state index contributed by atoms with van der Waals surface area (Å²) >= 11 is 5.95. The van der Waals surface area contributed by atoms with Crippen LogP contribution in [0.25, 0.3) is 11.0 Å². The zero-order valence-corrected chi connectivity index (χ0v) is 14.1. The van der Waals surface area contributed by atoms with Crippen molar-refractivity contribution >= 4 is 28.6 Å². The van der Waals surface area contributed by atoms with E-state index in [0.29, 0.717) is 29.3 Å². The van der Waals surface area contributed by atoms with Crippen LogP contribution >= 0.6 is 11.6 Å². The minimum absolute atomic E-state index is 0.139. The predicted octanol–water partition coefficient (Wildman–Crippen LogP) is 4.46. The van der Waals surface area contributed by atoms with Gasteiger partial charge >= 0.3 is 5.97 Å². The highest BCUT2D eigenvalue weighted by atomic mass is 35.5. The molecule has 1 aromatic heterocycles. The fourth-order valence-corrected chi connectivity index (χ4v) is 3.57. The zero-order chi connectivity index (χ0) is 17.6. The molecular formula is C19H16ClFN2O2. The van der Waals surface area contributed by atoms with Gasteiger partial charge in [0.2, 0.25) is 0 Å². The van der Waals surface area contributed by atoms with Crippen LogP contribution in [0, 0.1) is 11.7 Å². The number of fused-ring (bicyclic) bond motifs is 1. The summed E-state index contributed by atoms with van der Waals surface area (Å²) in [5.41, 5.74) is 2.39. The number of benzene rings is 2. The molecule has 1 saturated carbocycles. The van der Waals surface area contributed by atoms with Gasteiger partial charge in [-0.15, -0.1) is 0 Å². The topological polar surface area (TPSA) is 55.1 Å². The van der Waals surface area contributed by atoms with Crippen molar-refractivity contribution in [3.05, 3.63) is 64.7 Å². The van der Waals surface area contributed by atoms with Gasteiger partial charge in [-0.05, 0) is 42.7 Å². The summed E-state index contributed by atoms with van der Waals surface area (Å²) in [4.78, 5) is 16.0. The van der Waals surface area contributed by atoms with Crippen molar-refractivity contribution in [2.75, 3.05) is 0 Å². The molecule has 6 heteroatoms. The number of imidazole rings is 1. The molecule has 25 heavy (non-hydrogen) atoms. The third-order valence-electron chi connectivity index (χ3n) is 4.92. The van der Waals surface area contributed by atoms with Crippen molar-refractivity contribution in [3.8, 4) is 0 Å².